The Labute approximate surface area is 218 Å². The highest BCUT2D eigenvalue weighted by Gasteiger charge is 2.40. The number of nitrogens with two attached hydrogens (primary N) is 1. The van der Waals surface area contributed by atoms with Crippen LogP contribution in [0.2, 0.25) is 0 Å². The zero-order chi connectivity index (χ0) is 28.5. The number of hydrogen-bond donors (Lipinski definition) is 2. The van der Waals surface area contributed by atoms with E-state index in [4.69, 9.17) is 5.73 Å². The number of halogens is 6. The lowest BCUT2D eigenvalue weighted by molar-refractivity contribution is -0.148. The zero-order valence-corrected chi connectivity index (χ0v) is 20.5. The van der Waals surface area contributed by atoms with Gasteiger partial charge >= 0.3 is 6.18 Å². The third-order valence-corrected chi connectivity index (χ3v) is 6.73. The summed E-state index contributed by atoms with van der Waals surface area (Å²) in [6.45, 7) is -0.653. The van der Waals surface area contributed by atoms with Crippen LogP contribution < -0.4 is 11.1 Å². The Morgan fingerprint density at radius 1 is 1.03 bits per heavy atom. The number of alkyl halides is 3. The summed E-state index contributed by atoms with van der Waals surface area (Å²) in [4.78, 5) is 40.8. The molecule has 2 aliphatic rings. The molecule has 0 saturated carbocycles. The van der Waals surface area contributed by atoms with Gasteiger partial charge in [0.2, 0.25) is 23.5 Å². The third kappa shape index (κ3) is 6.15. The molecule has 0 radical (unpaired) electrons. The fourth-order valence-electron chi connectivity index (χ4n) is 4.83. The number of amides is 3. The van der Waals surface area contributed by atoms with Crippen molar-refractivity contribution in [2.75, 3.05) is 19.6 Å². The van der Waals surface area contributed by atoms with Gasteiger partial charge in [-0.15, -0.1) is 10.2 Å². The zero-order valence-electron chi connectivity index (χ0n) is 20.5. The molecule has 3 N–H and O–H groups in total. The second-order valence-corrected chi connectivity index (χ2v) is 9.33. The topological polar surface area (TPSA) is 126 Å². The average Bonchev–Trinajstić information content (AvgIpc) is 3.53. The van der Waals surface area contributed by atoms with Crippen molar-refractivity contribution in [2.45, 2.75) is 57.0 Å². The van der Waals surface area contributed by atoms with Crippen molar-refractivity contribution in [3.63, 3.8) is 0 Å². The SMILES string of the molecule is NCC(=O)N1CCCC1C(=O)N[C@@H](CC(=O)N1CCn2c(nnc2C(F)(F)F)C1)Cc1cc(F)c(F)cc1F. The van der Waals surface area contributed by atoms with Gasteiger partial charge in [0.25, 0.3) is 0 Å². The minimum Gasteiger partial charge on any atom is -0.351 e. The van der Waals surface area contributed by atoms with Crippen LogP contribution in [0.4, 0.5) is 26.3 Å². The van der Waals surface area contributed by atoms with E-state index in [0.29, 0.717) is 31.5 Å². The molecule has 1 aromatic heterocycles. The van der Waals surface area contributed by atoms with Crippen molar-refractivity contribution in [3.8, 4) is 0 Å². The molecular formula is C23H25F6N7O3. The summed E-state index contributed by atoms with van der Waals surface area (Å²) < 4.78 is 81.9. The van der Waals surface area contributed by atoms with Gasteiger partial charge in [0.1, 0.15) is 11.9 Å². The Bertz CT molecular complexity index is 1270. The summed E-state index contributed by atoms with van der Waals surface area (Å²) in [5, 5.41) is 9.29. The molecule has 1 aromatic carbocycles. The smallest absolute Gasteiger partial charge is 0.351 e. The van der Waals surface area contributed by atoms with E-state index in [0.717, 1.165) is 4.57 Å². The van der Waals surface area contributed by atoms with Gasteiger partial charge in [-0.05, 0) is 30.9 Å². The van der Waals surface area contributed by atoms with Gasteiger partial charge in [0.05, 0.1) is 13.1 Å². The van der Waals surface area contributed by atoms with E-state index in [-0.39, 0.29) is 37.6 Å². The predicted molar refractivity (Wildman–Crippen MR) is 121 cm³/mol. The number of aromatic nitrogens is 3. The number of nitrogens with zero attached hydrogens (tertiary/aromatic N) is 5. The highest BCUT2D eigenvalue weighted by Crippen LogP contribution is 2.29. The second kappa shape index (κ2) is 11.2. The quantitative estimate of drug-likeness (QED) is 0.386. The summed E-state index contributed by atoms with van der Waals surface area (Å²) in [7, 11) is 0. The van der Waals surface area contributed by atoms with Crippen LogP contribution in [0.25, 0.3) is 0 Å². The number of nitrogens with one attached hydrogen (secondary N) is 1. The summed E-state index contributed by atoms with van der Waals surface area (Å²) in [6, 6.07) is -1.04. The van der Waals surface area contributed by atoms with E-state index in [1.807, 2.05) is 0 Å². The fourth-order valence-corrected chi connectivity index (χ4v) is 4.83. The fraction of sp³-hybridized carbons (Fsp3) is 0.522. The van der Waals surface area contributed by atoms with Crippen molar-refractivity contribution >= 4 is 17.7 Å². The summed E-state index contributed by atoms with van der Waals surface area (Å²) in [6.07, 6.45) is -4.72. The summed E-state index contributed by atoms with van der Waals surface area (Å²) in [5.41, 5.74) is 5.11. The van der Waals surface area contributed by atoms with E-state index < -0.39 is 72.1 Å². The van der Waals surface area contributed by atoms with Gasteiger partial charge in [-0.25, -0.2) is 13.2 Å². The first-order valence-corrected chi connectivity index (χ1v) is 12.1. The minimum atomic E-state index is -4.72. The van der Waals surface area contributed by atoms with Gasteiger partial charge in [0.15, 0.2) is 17.5 Å². The van der Waals surface area contributed by atoms with Crippen LogP contribution in [-0.4, -0.2) is 74.0 Å². The standard InChI is InChI=1S/C23H25F6N7O3/c24-14-9-16(26)15(25)7-12(14)6-13(31-21(39)17-2-1-3-35(17)20(38)10-30)8-19(37)34-4-5-36-18(11-34)32-33-22(36)23(27,28)29/h7,9,13,17H,1-6,8,10-11,30H2,(H,31,39)/t13-,17?/m1/s1. The molecule has 1 fully saturated rings. The van der Waals surface area contributed by atoms with Crippen molar-refractivity contribution < 1.29 is 40.7 Å². The average molecular weight is 561 g/mol. The van der Waals surface area contributed by atoms with Crippen molar-refractivity contribution in [3.05, 3.63) is 46.8 Å². The monoisotopic (exact) mass is 561 g/mol. The van der Waals surface area contributed by atoms with Crippen LogP contribution in [0.15, 0.2) is 12.1 Å². The van der Waals surface area contributed by atoms with Gasteiger partial charge < -0.3 is 25.4 Å². The van der Waals surface area contributed by atoms with Crippen molar-refractivity contribution in [1.29, 1.82) is 0 Å². The molecule has 0 aliphatic carbocycles. The molecule has 0 bridgehead atoms. The first-order chi connectivity index (χ1) is 18.4. The molecule has 4 rings (SSSR count). The van der Waals surface area contributed by atoms with Crippen LogP contribution in [-0.2, 0) is 40.1 Å². The van der Waals surface area contributed by atoms with Gasteiger partial charge in [-0.1, -0.05) is 0 Å². The summed E-state index contributed by atoms with van der Waals surface area (Å²) in [5.74, 6) is -6.79. The first kappa shape index (κ1) is 28.3. The van der Waals surface area contributed by atoms with Crippen LogP contribution in [0.1, 0.15) is 36.5 Å². The molecule has 3 amide bonds. The Balaban J connectivity index is 1.52. The van der Waals surface area contributed by atoms with E-state index in [2.05, 4.69) is 15.5 Å². The Kier molecular flexibility index (Phi) is 8.13. The lowest BCUT2D eigenvalue weighted by Crippen LogP contribution is -2.51. The Hall–Kier alpha value is -3.69. The number of carbonyl (C=O) groups is 3. The van der Waals surface area contributed by atoms with Gasteiger partial charge in [-0.2, -0.15) is 13.2 Å². The molecular weight excluding hydrogens is 536 g/mol. The molecule has 39 heavy (non-hydrogen) atoms. The number of carbonyl (C=O) groups excluding carboxylic acids is 3. The molecule has 2 aromatic rings. The molecule has 3 heterocycles. The van der Waals surface area contributed by atoms with E-state index >= 15 is 0 Å². The number of fused-ring (bicyclic) bond motifs is 1. The third-order valence-electron chi connectivity index (χ3n) is 6.73. The van der Waals surface area contributed by atoms with Crippen LogP contribution in [0.5, 0.6) is 0 Å². The van der Waals surface area contributed by atoms with Gasteiger partial charge in [0, 0.05) is 38.2 Å². The molecule has 2 atom stereocenters. The highest BCUT2D eigenvalue weighted by atomic mass is 19.4. The molecule has 1 saturated heterocycles. The molecule has 0 spiro atoms. The first-order valence-electron chi connectivity index (χ1n) is 12.1. The predicted octanol–water partition coefficient (Wildman–Crippen LogP) is 1.12. The highest BCUT2D eigenvalue weighted by molar-refractivity contribution is 5.89. The molecule has 1 unspecified atom stereocenters. The maximum absolute atomic E-state index is 14.4. The minimum absolute atomic E-state index is 0.0870. The number of likely N-dealkylation sites (tertiary alicyclic amines) is 1. The number of rotatable bonds is 7. The summed E-state index contributed by atoms with van der Waals surface area (Å²) >= 11 is 0. The van der Waals surface area contributed by atoms with Crippen LogP contribution in [0, 0.1) is 17.5 Å². The molecule has 212 valence electrons. The van der Waals surface area contributed by atoms with Crippen LogP contribution in [0.3, 0.4) is 0 Å². The Morgan fingerprint density at radius 3 is 2.44 bits per heavy atom. The molecule has 16 heteroatoms. The normalized spacial score (nSPS) is 18.2. The number of hydrogen-bond acceptors (Lipinski definition) is 6. The van der Waals surface area contributed by atoms with E-state index in [1.54, 1.807) is 0 Å². The van der Waals surface area contributed by atoms with E-state index in [9.17, 15) is 40.7 Å². The largest absolute Gasteiger partial charge is 0.451 e. The molecule has 2 aliphatic heterocycles. The van der Waals surface area contributed by atoms with Crippen molar-refractivity contribution in [2.24, 2.45) is 5.73 Å². The number of benzene rings is 1. The maximum atomic E-state index is 14.4. The lowest BCUT2D eigenvalue weighted by Gasteiger charge is -2.30. The lowest BCUT2D eigenvalue weighted by atomic mass is 10.0. The van der Waals surface area contributed by atoms with Crippen LogP contribution >= 0.6 is 0 Å². The second-order valence-electron chi connectivity index (χ2n) is 9.33. The Morgan fingerprint density at radius 2 is 1.74 bits per heavy atom. The maximum Gasteiger partial charge on any atom is 0.451 e. The van der Waals surface area contributed by atoms with Gasteiger partial charge in [-0.3, -0.25) is 14.4 Å². The van der Waals surface area contributed by atoms with Crippen molar-refractivity contribution in [1.82, 2.24) is 29.9 Å². The van der Waals surface area contributed by atoms with E-state index in [1.165, 1.54) is 9.80 Å². The molecule has 10 nitrogen and oxygen atoms in total.